The molecule has 0 amide bonds. The Morgan fingerprint density at radius 1 is 1.25 bits per heavy atom. The van der Waals surface area contributed by atoms with E-state index < -0.39 is 11.8 Å². The molecule has 1 N–H and O–H groups in total. The number of benzene rings is 1. The molecule has 0 atom stereocenters. The predicted molar refractivity (Wildman–Crippen MR) is 70.9 cm³/mol. The minimum absolute atomic E-state index is 0.00736. The summed E-state index contributed by atoms with van der Waals surface area (Å²) in [4.78, 5) is 23.9. The maximum atomic E-state index is 12.2. The van der Waals surface area contributed by atoms with E-state index in [0.29, 0.717) is 5.76 Å². The molecule has 0 fully saturated rings. The SMILES string of the molecule is CCOC(=O)c1cc(C(=O)c2ccccc2O)oc1C. The van der Waals surface area contributed by atoms with E-state index in [0.717, 1.165) is 0 Å². The number of esters is 1. The van der Waals surface area contributed by atoms with Crippen LogP contribution in [0.4, 0.5) is 0 Å². The van der Waals surface area contributed by atoms with Gasteiger partial charge in [-0.25, -0.2) is 4.79 Å². The zero-order valence-corrected chi connectivity index (χ0v) is 11.2. The Kier molecular flexibility index (Phi) is 3.89. The fourth-order valence-corrected chi connectivity index (χ4v) is 1.80. The Morgan fingerprint density at radius 2 is 1.95 bits per heavy atom. The average molecular weight is 274 g/mol. The van der Waals surface area contributed by atoms with E-state index >= 15 is 0 Å². The van der Waals surface area contributed by atoms with Crippen LogP contribution in [0.15, 0.2) is 34.7 Å². The van der Waals surface area contributed by atoms with Crippen LogP contribution >= 0.6 is 0 Å². The summed E-state index contributed by atoms with van der Waals surface area (Å²) in [6, 6.07) is 7.48. The highest BCUT2D eigenvalue weighted by atomic mass is 16.5. The highest BCUT2D eigenvalue weighted by molar-refractivity contribution is 6.10. The molecule has 0 unspecified atom stereocenters. The smallest absolute Gasteiger partial charge is 0.341 e. The molecule has 0 saturated heterocycles. The van der Waals surface area contributed by atoms with E-state index in [9.17, 15) is 14.7 Å². The van der Waals surface area contributed by atoms with Gasteiger partial charge in [0, 0.05) is 6.07 Å². The van der Waals surface area contributed by atoms with Gasteiger partial charge in [-0.3, -0.25) is 4.79 Å². The van der Waals surface area contributed by atoms with Crippen LogP contribution in [-0.2, 0) is 4.74 Å². The lowest BCUT2D eigenvalue weighted by atomic mass is 10.1. The molecule has 0 bridgehead atoms. The van der Waals surface area contributed by atoms with Crippen molar-refractivity contribution in [3.63, 3.8) is 0 Å². The lowest BCUT2D eigenvalue weighted by Gasteiger charge is -2.00. The van der Waals surface area contributed by atoms with Crippen LogP contribution in [0, 0.1) is 6.92 Å². The molecule has 5 heteroatoms. The first-order valence-electron chi connectivity index (χ1n) is 6.14. The average Bonchev–Trinajstić information content (AvgIpc) is 2.81. The van der Waals surface area contributed by atoms with Gasteiger partial charge >= 0.3 is 5.97 Å². The molecule has 0 aliphatic carbocycles. The van der Waals surface area contributed by atoms with Crippen LogP contribution in [0.3, 0.4) is 0 Å². The lowest BCUT2D eigenvalue weighted by Crippen LogP contribution is -2.04. The third-order valence-corrected chi connectivity index (χ3v) is 2.79. The number of phenols is 1. The highest BCUT2D eigenvalue weighted by Crippen LogP contribution is 2.23. The quantitative estimate of drug-likeness (QED) is 0.685. The molecule has 0 radical (unpaired) electrons. The molecular formula is C15H14O5. The molecule has 0 aliphatic rings. The van der Waals surface area contributed by atoms with E-state index in [1.807, 2.05) is 0 Å². The van der Waals surface area contributed by atoms with Gasteiger partial charge in [-0.15, -0.1) is 0 Å². The largest absolute Gasteiger partial charge is 0.507 e. The minimum Gasteiger partial charge on any atom is -0.507 e. The number of rotatable bonds is 4. The number of furan rings is 1. The van der Waals surface area contributed by atoms with E-state index in [4.69, 9.17) is 9.15 Å². The summed E-state index contributed by atoms with van der Waals surface area (Å²) < 4.78 is 10.2. The molecule has 0 saturated carbocycles. The second-order valence-corrected chi connectivity index (χ2v) is 4.15. The Bertz CT molecular complexity index is 654. The molecule has 104 valence electrons. The van der Waals surface area contributed by atoms with E-state index in [1.54, 1.807) is 26.0 Å². The molecule has 2 rings (SSSR count). The van der Waals surface area contributed by atoms with Crippen LogP contribution in [-0.4, -0.2) is 23.5 Å². The maximum Gasteiger partial charge on any atom is 0.341 e. The van der Waals surface area contributed by atoms with E-state index in [-0.39, 0.29) is 29.2 Å². The summed E-state index contributed by atoms with van der Waals surface area (Å²) in [7, 11) is 0. The van der Waals surface area contributed by atoms with Crippen LogP contribution < -0.4 is 0 Å². The predicted octanol–water partition coefficient (Wildman–Crippen LogP) is 2.70. The number of ketones is 1. The second-order valence-electron chi connectivity index (χ2n) is 4.15. The van der Waals surface area contributed by atoms with Gasteiger partial charge in [-0.1, -0.05) is 12.1 Å². The molecule has 5 nitrogen and oxygen atoms in total. The van der Waals surface area contributed by atoms with Crippen molar-refractivity contribution in [2.24, 2.45) is 0 Å². The monoisotopic (exact) mass is 274 g/mol. The number of phenolic OH excluding ortho intramolecular Hbond substituents is 1. The number of aryl methyl sites for hydroxylation is 1. The van der Waals surface area contributed by atoms with E-state index in [2.05, 4.69) is 0 Å². The summed E-state index contributed by atoms with van der Waals surface area (Å²) in [5.74, 6) is -0.856. The van der Waals surface area contributed by atoms with Crippen molar-refractivity contribution in [2.45, 2.75) is 13.8 Å². The van der Waals surface area contributed by atoms with Gasteiger partial charge in [0.05, 0.1) is 12.2 Å². The van der Waals surface area contributed by atoms with Crippen LogP contribution in [0.25, 0.3) is 0 Å². The number of hydrogen-bond acceptors (Lipinski definition) is 5. The zero-order chi connectivity index (χ0) is 14.7. The van der Waals surface area contributed by atoms with Crippen molar-refractivity contribution in [1.29, 1.82) is 0 Å². The van der Waals surface area contributed by atoms with Gasteiger partial charge < -0.3 is 14.3 Å². The van der Waals surface area contributed by atoms with Crippen molar-refractivity contribution < 1.29 is 23.8 Å². The van der Waals surface area contributed by atoms with Crippen molar-refractivity contribution >= 4 is 11.8 Å². The summed E-state index contributed by atoms with van der Waals surface area (Å²) >= 11 is 0. The van der Waals surface area contributed by atoms with Crippen LogP contribution in [0.2, 0.25) is 0 Å². The Hall–Kier alpha value is -2.56. The second kappa shape index (κ2) is 5.61. The van der Waals surface area contributed by atoms with Crippen LogP contribution in [0.1, 0.15) is 39.2 Å². The first-order chi connectivity index (χ1) is 9.54. The number of hydrogen-bond donors (Lipinski definition) is 1. The molecule has 0 aliphatic heterocycles. The summed E-state index contributed by atoms with van der Waals surface area (Å²) in [6.07, 6.45) is 0. The number of carbonyl (C=O) groups is 2. The first kappa shape index (κ1) is 13.9. The lowest BCUT2D eigenvalue weighted by molar-refractivity contribution is 0.0524. The summed E-state index contributed by atoms with van der Waals surface area (Å²) in [5, 5.41) is 9.66. The Labute approximate surface area is 115 Å². The van der Waals surface area contributed by atoms with Gasteiger partial charge in [-0.2, -0.15) is 0 Å². The number of aromatic hydroxyl groups is 1. The Morgan fingerprint density at radius 3 is 2.60 bits per heavy atom. The first-order valence-corrected chi connectivity index (χ1v) is 6.14. The van der Waals surface area contributed by atoms with Gasteiger partial charge in [0.2, 0.25) is 5.78 Å². The number of para-hydroxylation sites is 1. The fraction of sp³-hybridized carbons (Fsp3) is 0.200. The maximum absolute atomic E-state index is 12.2. The standard InChI is InChI=1S/C15H14O5/c1-3-19-15(18)11-8-13(20-9(11)2)14(17)10-6-4-5-7-12(10)16/h4-8,16H,3H2,1-2H3. The summed E-state index contributed by atoms with van der Waals surface area (Å²) in [6.45, 7) is 3.52. The minimum atomic E-state index is -0.537. The molecule has 0 spiro atoms. The van der Waals surface area contributed by atoms with Gasteiger partial charge in [0.25, 0.3) is 0 Å². The Balaban J connectivity index is 2.35. The highest BCUT2D eigenvalue weighted by Gasteiger charge is 2.22. The van der Waals surface area contributed by atoms with Crippen LogP contribution in [0.5, 0.6) is 5.75 Å². The molecular weight excluding hydrogens is 260 g/mol. The molecule has 20 heavy (non-hydrogen) atoms. The fourth-order valence-electron chi connectivity index (χ4n) is 1.80. The topological polar surface area (TPSA) is 76.7 Å². The molecule has 1 heterocycles. The van der Waals surface area contributed by atoms with Crippen molar-refractivity contribution in [2.75, 3.05) is 6.61 Å². The third-order valence-electron chi connectivity index (χ3n) is 2.79. The normalized spacial score (nSPS) is 10.3. The van der Waals surface area contributed by atoms with E-state index in [1.165, 1.54) is 18.2 Å². The number of ether oxygens (including phenoxy) is 1. The molecule has 1 aromatic heterocycles. The van der Waals surface area contributed by atoms with Crippen molar-refractivity contribution in [1.82, 2.24) is 0 Å². The van der Waals surface area contributed by atoms with Crippen molar-refractivity contribution in [3.8, 4) is 5.75 Å². The molecule has 2 aromatic rings. The van der Waals surface area contributed by atoms with Gasteiger partial charge in [0.1, 0.15) is 17.1 Å². The van der Waals surface area contributed by atoms with Crippen molar-refractivity contribution in [3.05, 3.63) is 53.0 Å². The zero-order valence-electron chi connectivity index (χ0n) is 11.2. The van der Waals surface area contributed by atoms with Gasteiger partial charge in [-0.05, 0) is 26.0 Å². The van der Waals surface area contributed by atoms with Gasteiger partial charge in [0.15, 0.2) is 5.76 Å². The third kappa shape index (κ3) is 2.56. The molecule has 1 aromatic carbocycles. The number of carbonyl (C=O) groups excluding carboxylic acids is 2. The summed E-state index contributed by atoms with van der Waals surface area (Å²) in [5.41, 5.74) is 0.335.